The number of nitrogens with one attached hydrogen (secondary N) is 1. The third-order valence-electron chi connectivity index (χ3n) is 4.66. The normalized spacial score (nSPS) is 19.7. The number of nitrogens with two attached hydrogens (primary N) is 2. The molecule has 1 fully saturated rings. The van der Waals surface area contributed by atoms with Gasteiger partial charge >= 0.3 is 5.97 Å². The van der Waals surface area contributed by atoms with E-state index in [4.69, 9.17) is 16.3 Å². The Bertz CT molecular complexity index is 1230. The number of thioether (sulfide) groups is 3. The van der Waals surface area contributed by atoms with Gasteiger partial charge in [-0.15, -0.1) is 34.9 Å². The molecular weight excluding hydrogens is 537 g/mol. The van der Waals surface area contributed by atoms with Crippen LogP contribution < -0.4 is 16.8 Å². The van der Waals surface area contributed by atoms with Gasteiger partial charge in [0.25, 0.3) is 11.8 Å². The third-order valence-corrected chi connectivity index (χ3v) is 8.88. The minimum atomic E-state index is -1.22. The Morgan fingerprint density at radius 2 is 2.17 bits per heavy atom. The number of rotatable bonds is 9. The average molecular weight is 555 g/mol. The first-order chi connectivity index (χ1) is 16.8. The second-order valence-corrected chi connectivity index (χ2v) is 11.2. The number of nitrogen functional groups attached to an aromatic ring is 2. The summed E-state index contributed by atoms with van der Waals surface area (Å²) in [5.41, 5.74) is 11.3. The Labute approximate surface area is 215 Å². The smallest absolute Gasteiger partial charge is 0.353 e. The Balaban J connectivity index is 1.44. The van der Waals surface area contributed by atoms with Crippen LogP contribution in [-0.2, 0) is 19.2 Å². The van der Waals surface area contributed by atoms with Crippen LogP contribution in [0.25, 0.3) is 0 Å². The topological polar surface area (TPSA) is 199 Å². The van der Waals surface area contributed by atoms with Gasteiger partial charge in [-0.2, -0.15) is 0 Å². The molecule has 2 aliphatic heterocycles. The molecule has 0 aromatic carbocycles. The lowest BCUT2D eigenvalue weighted by Gasteiger charge is -2.49. The van der Waals surface area contributed by atoms with Crippen molar-refractivity contribution < 1.29 is 24.3 Å². The number of hydrogen-bond acceptors (Lipinski definition) is 14. The summed E-state index contributed by atoms with van der Waals surface area (Å²) >= 11 is 5.07. The Kier molecular flexibility index (Phi) is 7.68. The number of carboxylic acid groups (broad SMARTS) is 1. The molecule has 184 valence electrons. The van der Waals surface area contributed by atoms with Crippen LogP contribution >= 0.6 is 46.6 Å². The highest BCUT2D eigenvalue weighted by atomic mass is 32.2. The zero-order valence-corrected chi connectivity index (χ0v) is 21.2. The number of aliphatic carboxylic acids is 1. The number of anilines is 2. The van der Waals surface area contributed by atoms with Gasteiger partial charge in [0.1, 0.15) is 35.7 Å². The van der Waals surface area contributed by atoms with Gasteiger partial charge in [-0.1, -0.05) is 16.9 Å². The molecule has 6 N–H and O–H groups in total. The van der Waals surface area contributed by atoms with E-state index in [9.17, 15) is 19.5 Å². The zero-order chi connectivity index (χ0) is 25.1. The van der Waals surface area contributed by atoms with Crippen LogP contribution in [-0.4, -0.2) is 77.8 Å². The van der Waals surface area contributed by atoms with E-state index in [0.29, 0.717) is 26.7 Å². The van der Waals surface area contributed by atoms with Crippen molar-refractivity contribution in [1.29, 1.82) is 0 Å². The number of β-lactam (4-membered cyclic amide) rings is 1. The quantitative estimate of drug-likeness (QED) is 0.0841. The van der Waals surface area contributed by atoms with E-state index in [-0.39, 0.29) is 22.2 Å². The maximum Gasteiger partial charge on any atom is 0.353 e. The van der Waals surface area contributed by atoms with Crippen LogP contribution in [0, 0.1) is 0 Å². The van der Waals surface area contributed by atoms with Crippen LogP contribution in [0.3, 0.4) is 0 Å². The summed E-state index contributed by atoms with van der Waals surface area (Å²) in [5.74, 6) is -1.75. The highest BCUT2D eigenvalue weighted by Crippen LogP contribution is 2.44. The van der Waals surface area contributed by atoms with Crippen molar-refractivity contribution >= 4 is 81.1 Å². The van der Waals surface area contributed by atoms with Gasteiger partial charge in [-0.3, -0.25) is 14.5 Å². The number of carboxylic acids is 1. The number of carbonyl (C=O) groups excluding carboxylic acids is 2. The molecule has 13 nitrogen and oxygen atoms in total. The second-order valence-electron chi connectivity index (χ2n) is 6.80. The fraction of sp³-hybridized carbons (Fsp3) is 0.278. The van der Waals surface area contributed by atoms with E-state index in [0.717, 1.165) is 11.3 Å². The highest BCUT2D eigenvalue weighted by molar-refractivity contribution is 8.18. The SMILES string of the molecule is CON=C(C(=O)NC1C(=O)N2C(C(=O)O)=C(SCSc3nccc(N)n3)CSC12)c1csc(N)n1. The van der Waals surface area contributed by atoms with Crippen molar-refractivity contribution in [2.75, 3.05) is 29.4 Å². The van der Waals surface area contributed by atoms with Gasteiger partial charge in [0.05, 0.1) is 5.08 Å². The van der Waals surface area contributed by atoms with Crippen LogP contribution in [0.5, 0.6) is 0 Å². The predicted molar refractivity (Wildman–Crippen MR) is 135 cm³/mol. The fourth-order valence-electron chi connectivity index (χ4n) is 3.18. The summed E-state index contributed by atoms with van der Waals surface area (Å²) < 4.78 is 0. The second kappa shape index (κ2) is 10.7. The van der Waals surface area contributed by atoms with Gasteiger partial charge in [0.15, 0.2) is 16.0 Å². The molecule has 2 atom stereocenters. The Morgan fingerprint density at radius 3 is 2.83 bits per heavy atom. The number of nitrogens with zero attached hydrogens (tertiary/aromatic N) is 5. The molecule has 17 heteroatoms. The number of hydrogen-bond donors (Lipinski definition) is 4. The molecule has 0 radical (unpaired) electrons. The summed E-state index contributed by atoms with van der Waals surface area (Å²) in [5, 5.41) is 18.2. The van der Waals surface area contributed by atoms with E-state index in [1.807, 2.05) is 0 Å². The number of amides is 2. The fourth-order valence-corrected chi connectivity index (χ4v) is 7.31. The van der Waals surface area contributed by atoms with Gasteiger partial charge in [0.2, 0.25) is 0 Å². The molecule has 1 saturated heterocycles. The van der Waals surface area contributed by atoms with Gasteiger partial charge < -0.3 is 26.7 Å². The Hall–Kier alpha value is -3.02. The first-order valence-electron chi connectivity index (χ1n) is 9.68. The van der Waals surface area contributed by atoms with Crippen LogP contribution in [0.15, 0.2) is 38.6 Å². The van der Waals surface area contributed by atoms with Crippen molar-refractivity contribution in [3.8, 4) is 0 Å². The first kappa shape index (κ1) is 25.1. The molecule has 4 heterocycles. The largest absolute Gasteiger partial charge is 0.477 e. The van der Waals surface area contributed by atoms with E-state index in [1.54, 1.807) is 11.4 Å². The molecule has 2 aromatic heterocycles. The average Bonchev–Trinajstić information content (AvgIpc) is 3.26. The lowest BCUT2D eigenvalue weighted by Crippen LogP contribution is -2.71. The van der Waals surface area contributed by atoms with Crippen molar-refractivity contribution in [2.45, 2.75) is 16.6 Å². The van der Waals surface area contributed by atoms with Gasteiger partial charge in [-0.25, -0.2) is 19.7 Å². The van der Waals surface area contributed by atoms with Gasteiger partial charge in [0, 0.05) is 22.2 Å². The molecular formula is C18H18N8O5S4. The highest BCUT2D eigenvalue weighted by Gasteiger charge is 2.54. The molecule has 0 spiro atoms. The molecule has 4 rings (SSSR count). The summed E-state index contributed by atoms with van der Waals surface area (Å²) in [6.45, 7) is 0. The molecule has 0 bridgehead atoms. The maximum absolute atomic E-state index is 12.9. The van der Waals surface area contributed by atoms with Crippen molar-refractivity contribution in [2.24, 2.45) is 5.16 Å². The zero-order valence-electron chi connectivity index (χ0n) is 17.9. The number of fused-ring (bicyclic) bond motifs is 1. The van der Waals surface area contributed by atoms with Crippen LogP contribution in [0.4, 0.5) is 10.9 Å². The van der Waals surface area contributed by atoms with E-state index in [2.05, 4.69) is 25.4 Å². The minimum Gasteiger partial charge on any atom is -0.477 e. The summed E-state index contributed by atoms with van der Waals surface area (Å²) in [6.07, 6.45) is 1.54. The first-order valence-corrected chi connectivity index (χ1v) is 13.6. The van der Waals surface area contributed by atoms with Gasteiger partial charge in [-0.05, 0) is 6.07 Å². The van der Waals surface area contributed by atoms with Crippen molar-refractivity contribution in [3.63, 3.8) is 0 Å². The standard InChI is InChI=1S/C18H18N8O5S4/c1-31-25-10(7-4-33-17(20)22-7)13(27)24-11-14(28)26-12(16(29)30)8(5-32-15(11)26)34-6-35-18-21-3-2-9(19)23-18/h2-4,11,15H,5-6H2,1H3,(H2,20,22)(H,24,27)(H,29,30)(H2,19,21,23). The van der Waals surface area contributed by atoms with Crippen LogP contribution in [0.2, 0.25) is 0 Å². The minimum absolute atomic E-state index is 0.0959. The third kappa shape index (κ3) is 5.31. The summed E-state index contributed by atoms with van der Waals surface area (Å²) in [6, 6.07) is 0.642. The number of carbonyl (C=O) groups is 3. The molecule has 2 unspecified atom stereocenters. The summed E-state index contributed by atoms with van der Waals surface area (Å²) in [4.78, 5) is 56.4. The molecule has 2 aliphatic rings. The molecule has 0 aliphatic carbocycles. The molecule has 0 saturated carbocycles. The molecule has 2 aromatic rings. The lowest BCUT2D eigenvalue weighted by molar-refractivity contribution is -0.150. The number of thiazole rings is 1. The summed E-state index contributed by atoms with van der Waals surface area (Å²) in [7, 11) is 1.27. The van der Waals surface area contributed by atoms with E-state index in [1.165, 1.54) is 53.5 Å². The Morgan fingerprint density at radius 1 is 1.37 bits per heavy atom. The van der Waals surface area contributed by atoms with Crippen LogP contribution in [0.1, 0.15) is 5.69 Å². The van der Waals surface area contributed by atoms with Crippen molar-refractivity contribution in [3.05, 3.63) is 33.9 Å². The molecule has 35 heavy (non-hydrogen) atoms. The molecule has 2 amide bonds. The monoisotopic (exact) mass is 554 g/mol. The maximum atomic E-state index is 12.9. The predicted octanol–water partition coefficient (Wildman–Crippen LogP) is 0.627. The van der Waals surface area contributed by atoms with E-state index < -0.39 is 29.2 Å². The lowest BCUT2D eigenvalue weighted by atomic mass is 10.0. The number of aromatic nitrogens is 3. The van der Waals surface area contributed by atoms with E-state index >= 15 is 0 Å². The number of oxime groups is 1. The van der Waals surface area contributed by atoms with Crippen molar-refractivity contribution in [1.82, 2.24) is 25.2 Å².